The molecule has 0 aromatic heterocycles. The molecular weight excluding hydrogens is 312 g/mol. The number of carbonyl (C=O) groups excluding carboxylic acids is 1. The second kappa shape index (κ2) is 7.73. The first-order chi connectivity index (χ1) is 11.8. The average Bonchev–Trinajstić information content (AvgIpc) is 2.55. The van der Waals surface area contributed by atoms with E-state index in [1.807, 2.05) is 39.0 Å². The molecule has 0 saturated heterocycles. The number of hydrogen-bond acceptors (Lipinski definition) is 3. The van der Waals surface area contributed by atoms with Crippen LogP contribution in [0.25, 0.3) is 0 Å². The smallest absolute Gasteiger partial charge is 0.166 e. The van der Waals surface area contributed by atoms with Gasteiger partial charge < -0.3 is 9.84 Å². The van der Waals surface area contributed by atoms with Crippen molar-refractivity contribution < 1.29 is 14.6 Å². The van der Waals surface area contributed by atoms with Crippen molar-refractivity contribution >= 4 is 5.78 Å². The molecule has 0 aliphatic heterocycles. The number of fused-ring (bicyclic) bond motifs is 1. The minimum absolute atomic E-state index is 0.0902. The Hall–Kier alpha value is -2.29. The Morgan fingerprint density at radius 2 is 1.72 bits per heavy atom. The Morgan fingerprint density at radius 1 is 1.04 bits per heavy atom. The van der Waals surface area contributed by atoms with Crippen LogP contribution in [0.5, 0.6) is 11.5 Å². The zero-order valence-corrected chi connectivity index (χ0v) is 16.1. The van der Waals surface area contributed by atoms with Gasteiger partial charge in [-0.3, -0.25) is 4.79 Å². The number of benzene rings is 2. The Bertz CT molecular complexity index is 790. The van der Waals surface area contributed by atoms with E-state index in [9.17, 15) is 9.90 Å². The van der Waals surface area contributed by atoms with E-state index in [4.69, 9.17) is 4.74 Å². The molecule has 0 radical (unpaired) electrons. The highest BCUT2D eigenvalue weighted by atomic mass is 16.5. The molecule has 0 saturated carbocycles. The van der Waals surface area contributed by atoms with Crippen LogP contribution in [0.15, 0.2) is 24.3 Å². The number of hydrogen-bond donors (Lipinski definition) is 1. The van der Waals surface area contributed by atoms with E-state index >= 15 is 0 Å². The van der Waals surface area contributed by atoms with Gasteiger partial charge in [0.05, 0.1) is 12.7 Å². The maximum Gasteiger partial charge on any atom is 0.166 e. The molecule has 0 heterocycles. The molecule has 0 spiro atoms. The number of rotatable bonds is 1. The molecule has 0 amide bonds. The second-order valence-electron chi connectivity index (χ2n) is 6.98. The van der Waals surface area contributed by atoms with Gasteiger partial charge >= 0.3 is 0 Å². The SMILES string of the molecule is COc1ccc(C)cc1C.Cc1cc(C)c2c(c1O)C(=O)CCC2C. The molecule has 1 unspecified atom stereocenters. The van der Waals surface area contributed by atoms with Crippen molar-refractivity contribution in [2.75, 3.05) is 7.11 Å². The Kier molecular flexibility index (Phi) is 5.89. The van der Waals surface area contributed by atoms with Crippen molar-refractivity contribution in [2.45, 2.75) is 53.4 Å². The minimum Gasteiger partial charge on any atom is -0.507 e. The number of aromatic hydroxyl groups is 1. The molecule has 1 aliphatic rings. The minimum atomic E-state index is 0.0902. The number of phenolic OH excluding ortho intramolecular Hbond substituents is 1. The number of carbonyl (C=O) groups is 1. The molecule has 1 atom stereocenters. The summed E-state index contributed by atoms with van der Waals surface area (Å²) in [4.78, 5) is 11.8. The highest BCUT2D eigenvalue weighted by molar-refractivity contribution is 6.02. The maximum absolute atomic E-state index is 11.8. The van der Waals surface area contributed by atoms with Crippen molar-refractivity contribution in [3.63, 3.8) is 0 Å². The standard InChI is InChI=1S/C13H16O2.C9H12O/c1-7-4-5-10(14)12-11(7)8(2)6-9(3)13(12)15;1-7-4-5-9(10-3)8(2)6-7/h6-7,15H,4-5H2,1-3H3;4-6H,1-3H3. The van der Waals surface area contributed by atoms with Crippen molar-refractivity contribution in [3.05, 3.63) is 57.6 Å². The lowest BCUT2D eigenvalue weighted by atomic mass is 9.79. The van der Waals surface area contributed by atoms with Gasteiger partial charge in [-0.15, -0.1) is 0 Å². The van der Waals surface area contributed by atoms with E-state index in [1.165, 1.54) is 11.1 Å². The van der Waals surface area contributed by atoms with Crippen molar-refractivity contribution in [2.24, 2.45) is 0 Å². The first kappa shape index (κ1) is 19.0. The highest BCUT2D eigenvalue weighted by Gasteiger charge is 2.28. The van der Waals surface area contributed by atoms with E-state index in [-0.39, 0.29) is 11.5 Å². The number of aryl methyl sites for hydroxylation is 4. The van der Waals surface area contributed by atoms with Crippen LogP contribution in [0.1, 0.15) is 63.9 Å². The quantitative estimate of drug-likeness (QED) is 0.756. The topological polar surface area (TPSA) is 46.5 Å². The monoisotopic (exact) mass is 340 g/mol. The van der Waals surface area contributed by atoms with E-state index in [1.54, 1.807) is 7.11 Å². The predicted octanol–water partition coefficient (Wildman–Crippen LogP) is 5.40. The Balaban J connectivity index is 0.000000196. The van der Waals surface area contributed by atoms with E-state index in [2.05, 4.69) is 19.9 Å². The number of Topliss-reactive ketones (excluding diaryl/α,β-unsaturated/α-hetero) is 1. The molecule has 1 aliphatic carbocycles. The van der Waals surface area contributed by atoms with Gasteiger partial charge in [0.25, 0.3) is 0 Å². The molecule has 3 rings (SSSR count). The van der Waals surface area contributed by atoms with E-state index < -0.39 is 0 Å². The third-order valence-corrected chi connectivity index (χ3v) is 4.86. The number of ketones is 1. The predicted molar refractivity (Wildman–Crippen MR) is 102 cm³/mol. The zero-order chi connectivity index (χ0) is 18.7. The van der Waals surface area contributed by atoms with Crippen molar-refractivity contribution in [1.82, 2.24) is 0 Å². The summed E-state index contributed by atoms with van der Waals surface area (Å²) in [5, 5.41) is 9.94. The molecule has 3 nitrogen and oxygen atoms in total. The van der Waals surface area contributed by atoms with Crippen LogP contribution in [0, 0.1) is 27.7 Å². The summed E-state index contributed by atoms with van der Waals surface area (Å²) in [6.45, 7) is 10.1. The molecule has 2 aromatic rings. The van der Waals surface area contributed by atoms with Gasteiger partial charge in [0.15, 0.2) is 5.78 Å². The largest absolute Gasteiger partial charge is 0.507 e. The Labute approximate surface area is 150 Å². The molecule has 2 aromatic carbocycles. The van der Waals surface area contributed by atoms with Crippen LogP contribution in [0.2, 0.25) is 0 Å². The Morgan fingerprint density at radius 3 is 2.32 bits per heavy atom. The van der Waals surface area contributed by atoms with Gasteiger partial charge in [0.1, 0.15) is 11.5 Å². The molecule has 25 heavy (non-hydrogen) atoms. The van der Waals surface area contributed by atoms with Gasteiger partial charge in [0, 0.05) is 6.42 Å². The lowest BCUT2D eigenvalue weighted by molar-refractivity contribution is 0.0964. The van der Waals surface area contributed by atoms with Crippen LogP contribution >= 0.6 is 0 Å². The average molecular weight is 340 g/mol. The number of phenols is 1. The van der Waals surface area contributed by atoms with Crippen LogP contribution in [0.3, 0.4) is 0 Å². The first-order valence-corrected chi connectivity index (χ1v) is 8.73. The molecule has 1 N–H and O–H groups in total. The third kappa shape index (κ3) is 4.04. The fraction of sp³-hybridized carbons (Fsp3) is 0.409. The first-order valence-electron chi connectivity index (χ1n) is 8.73. The van der Waals surface area contributed by atoms with Crippen molar-refractivity contribution in [3.8, 4) is 11.5 Å². The summed E-state index contributed by atoms with van der Waals surface area (Å²) in [5.41, 5.74) is 6.02. The van der Waals surface area contributed by atoms with Crippen LogP contribution in [0.4, 0.5) is 0 Å². The molecular formula is C22H28O3. The molecule has 134 valence electrons. The fourth-order valence-corrected chi connectivity index (χ4v) is 3.56. The van der Waals surface area contributed by atoms with Crippen LogP contribution in [-0.4, -0.2) is 18.0 Å². The maximum atomic E-state index is 11.8. The normalized spacial score (nSPS) is 15.9. The summed E-state index contributed by atoms with van der Waals surface area (Å²) >= 11 is 0. The molecule has 3 heteroatoms. The summed E-state index contributed by atoms with van der Waals surface area (Å²) < 4.78 is 5.10. The van der Waals surface area contributed by atoms with Gasteiger partial charge in [-0.25, -0.2) is 0 Å². The zero-order valence-electron chi connectivity index (χ0n) is 16.1. The van der Waals surface area contributed by atoms with E-state index in [0.717, 1.165) is 28.9 Å². The summed E-state index contributed by atoms with van der Waals surface area (Å²) in [6, 6.07) is 8.11. The highest BCUT2D eigenvalue weighted by Crippen LogP contribution is 2.39. The summed E-state index contributed by atoms with van der Waals surface area (Å²) in [6.07, 6.45) is 1.46. The van der Waals surface area contributed by atoms with Crippen LogP contribution in [-0.2, 0) is 0 Å². The fourth-order valence-electron chi connectivity index (χ4n) is 3.56. The summed E-state index contributed by atoms with van der Waals surface area (Å²) in [5.74, 6) is 1.62. The van der Waals surface area contributed by atoms with Crippen LogP contribution < -0.4 is 4.74 Å². The number of ether oxygens (including phenoxy) is 1. The second-order valence-corrected chi connectivity index (χ2v) is 6.98. The van der Waals surface area contributed by atoms with Gasteiger partial charge in [-0.05, 0) is 68.4 Å². The third-order valence-electron chi connectivity index (χ3n) is 4.86. The lowest BCUT2D eigenvalue weighted by Crippen LogP contribution is -2.16. The lowest BCUT2D eigenvalue weighted by Gasteiger charge is -2.25. The van der Waals surface area contributed by atoms with Gasteiger partial charge in [-0.2, -0.15) is 0 Å². The molecule has 0 bridgehead atoms. The number of methoxy groups -OCH3 is 1. The molecule has 0 fully saturated rings. The van der Waals surface area contributed by atoms with Gasteiger partial charge in [-0.1, -0.05) is 30.7 Å². The van der Waals surface area contributed by atoms with E-state index in [0.29, 0.717) is 17.9 Å². The summed E-state index contributed by atoms with van der Waals surface area (Å²) in [7, 11) is 1.69. The van der Waals surface area contributed by atoms with Crippen molar-refractivity contribution in [1.29, 1.82) is 0 Å². The van der Waals surface area contributed by atoms with Gasteiger partial charge in [0.2, 0.25) is 0 Å².